The van der Waals surface area contributed by atoms with E-state index in [0.29, 0.717) is 12.6 Å². The quantitative estimate of drug-likeness (QED) is 0.692. The van der Waals surface area contributed by atoms with E-state index in [0.717, 1.165) is 13.0 Å². The molecule has 2 N–H and O–H groups in total. The molecule has 0 saturated heterocycles. The molecule has 1 aliphatic rings. The van der Waals surface area contributed by atoms with Crippen LogP contribution in [0, 0.1) is 5.92 Å². The fraction of sp³-hybridized carbons (Fsp3) is 0.900. The number of nitrogens with zero attached hydrogens (tertiary/aromatic N) is 1. The van der Waals surface area contributed by atoms with Crippen LogP contribution in [-0.2, 0) is 4.79 Å². The molecule has 13 heavy (non-hydrogen) atoms. The molecule has 1 unspecified atom stereocenters. The average molecular weight is 184 g/mol. The molecule has 76 valence electrons. The third-order valence-corrected chi connectivity index (χ3v) is 2.74. The molecule has 1 rings (SSSR count). The van der Waals surface area contributed by atoms with Crippen LogP contribution in [0.1, 0.15) is 33.1 Å². The standard InChI is InChI=1S/C10H20N2O/c1-3-8(7-11)10(13)12(4-2)9-5-6-9/h8-9H,3-7,11H2,1-2H3. The number of hydrogen-bond donors (Lipinski definition) is 1. The zero-order valence-electron chi connectivity index (χ0n) is 8.62. The number of nitrogens with two attached hydrogens (primary N) is 1. The molecule has 0 heterocycles. The third kappa shape index (κ3) is 2.44. The molecule has 1 atom stereocenters. The molecule has 1 saturated carbocycles. The molecule has 3 heteroatoms. The number of carbonyl (C=O) groups is 1. The normalized spacial score (nSPS) is 18.4. The summed E-state index contributed by atoms with van der Waals surface area (Å²) < 4.78 is 0. The minimum Gasteiger partial charge on any atom is -0.340 e. The molecule has 0 radical (unpaired) electrons. The van der Waals surface area contributed by atoms with Crippen molar-refractivity contribution in [1.82, 2.24) is 4.90 Å². The minimum absolute atomic E-state index is 0.0422. The first-order valence-corrected chi connectivity index (χ1v) is 5.25. The van der Waals surface area contributed by atoms with Gasteiger partial charge in [0.05, 0.1) is 5.92 Å². The van der Waals surface area contributed by atoms with Gasteiger partial charge in [-0.2, -0.15) is 0 Å². The van der Waals surface area contributed by atoms with E-state index in [4.69, 9.17) is 5.73 Å². The maximum absolute atomic E-state index is 11.9. The Labute approximate surface area is 80.3 Å². The van der Waals surface area contributed by atoms with E-state index >= 15 is 0 Å². The molecule has 1 fully saturated rings. The maximum atomic E-state index is 11.9. The highest BCUT2D eigenvalue weighted by Crippen LogP contribution is 2.28. The van der Waals surface area contributed by atoms with Crippen molar-refractivity contribution in [2.24, 2.45) is 11.7 Å². The second kappa shape index (κ2) is 4.61. The van der Waals surface area contributed by atoms with Crippen molar-refractivity contribution in [3.8, 4) is 0 Å². The van der Waals surface area contributed by atoms with Crippen LogP contribution in [0.2, 0.25) is 0 Å². The Morgan fingerprint density at radius 3 is 2.46 bits per heavy atom. The van der Waals surface area contributed by atoms with E-state index in [-0.39, 0.29) is 11.8 Å². The Kier molecular flexibility index (Phi) is 3.72. The smallest absolute Gasteiger partial charge is 0.227 e. The Morgan fingerprint density at radius 1 is 1.54 bits per heavy atom. The lowest BCUT2D eigenvalue weighted by atomic mass is 10.1. The van der Waals surface area contributed by atoms with Crippen molar-refractivity contribution in [2.75, 3.05) is 13.1 Å². The van der Waals surface area contributed by atoms with Gasteiger partial charge in [0.25, 0.3) is 0 Å². The summed E-state index contributed by atoms with van der Waals surface area (Å²) in [5.74, 6) is 0.301. The van der Waals surface area contributed by atoms with E-state index in [1.807, 2.05) is 18.7 Å². The van der Waals surface area contributed by atoms with Gasteiger partial charge >= 0.3 is 0 Å². The second-order valence-corrected chi connectivity index (χ2v) is 3.70. The number of rotatable bonds is 5. The van der Waals surface area contributed by atoms with Gasteiger partial charge in [-0.1, -0.05) is 6.92 Å². The predicted octanol–water partition coefficient (Wildman–Crippen LogP) is 0.982. The van der Waals surface area contributed by atoms with Crippen molar-refractivity contribution >= 4 is 5.91 Å². The van der Waals surface area contributed by atoms with E-state index in [2.05, 4.69) is 0 Å². The van der Waals surface area contributed by atoms with Crippen LogP contribution >= 0.6 is 0 Å². The molecule has 0 aromatic carbocycles. The van der Waals surface area contributed by atoms with E-state index in [1.54, 1.807) is 0 Å². The molecule has 0 aromatic heterocycles. The van der Waals surface area contributed by atoms with Gasteiger partial charge in [0.15, 0.2) is 0 Å². The Morgan fingerprint density at radius 2 is 2.15 bits per heavy atom. The van der Waals surface area contributed by atoms with Crippen LogP contribution in [0.25, 0.3) is 0 Å². The Hall–Kier alpha value is -0.570. The SMILES string of the molecule is CCC(CN)C(=O)N(CC)C1CC1. The first-order chi connectivity index (χ1) is 6.24. The molecule has 1 amide bonds. The molecular formula is C10H20N2O. The summed E-state index contributed by atoms with van der Waals surface area (Å²) in [7, 11) is 0. The second-order valence-electron chi connectivity index (χ2n) is 3.70. The number of carbonyl (C=O) groups excluding carboxylic acids is 1. The molecule has 0 aliphatic heterocycles. The molecule has 0 bridgehead atoms. The van der Waals surface area contributed by atoms with E-state index in [9.17, 15) is 4.79 Å². The predicted molar refractivity (Wildman–Crippen MR) is 53.2 cm³/mol. The Balaban J connectivity index is 2.50. The lowest BCUT2D eigenvalue weighted by molar-refractivity contribution is -0.135. The zero-order valence-corrected chi connectivity index (χ0v) is 8.62. The summed E-state index contributed by atoms with van der Waals surface area (Å²) in [6.45, 7) is 5.38. The number of hydrogen-bond acceptors (Lipinski definition) is 2. The van der Waals surface area contributed by atoms with Gasteiger partial charge in [0.2, 0.25) is 5.91 Å². The van der Waals surface area contributed by atoms with Gasteiger partial charge in [-0.15, -0.1) is 0 Å². The number of amides is 1. The molecule has 0 aromatic rings. The van der Waals surface area contributed by atoms with Gasteiger partial charge in [-0.25, -0.2) is 0 Å². The van der Waals surface area contributed by atoms with Crippen LogP contribution in [0.3, 0.4) is 0 Å². The third-order valence-electron chi connectivity index (χ3n) is 2.74. The van der Waals surface area contributed by atoms with Crippen molar-refractivity contribution in [3.05, 3.63) is 0 Å². The lowest BCUT2D eigenvalue weighted by Gasteiger charge is -2.24. The largest absolute Gasteiger partial charge is 0.340 e. The van der Waals surface area contributed by atoms with E-state index in [1.165, 1.54) is 12.8 Å². The highest BCUT2D eigenvalue weighted by Gasteiger charge is 2.33. The summed E-state index contributed by atoms with van der Waals surface area (Å²) in [6, 6.07) is 0.526. The Bertz CT molecular complexity index is 174. The van der Waals surface area contributed by atoms with Crippen LogP contribution in [0.5, 0.6) is 0 Å². The fourth-order valence-electron chi connectivity index (χ4n) is 1.66. The lowest BCUT2D eigenvalue weighted by Crippen LogP contribution is -2.40. The van der Waals surface area contributed by atoms with Crippen molar-refractivity contribution in [3.63, 3.8) is 0 Å². The van der Waals surface area contributed by atoms with Crippen LogP contribution in [-0.4, -0.2) is 29.9 Å². The van der Waals surface area contributed by atoms with Crippen LogP contribution < -0.4 is 5.73 Å². The molecule has 3 nitrogen and oxygen atoms in total. The van der Waals surface area contributed by atoms with Crippen LogP contribution in [0.15, 0.2) is 0 Å². The first-order valence-electron chi connectivity index (χ1n) is 5.25. The van der Waals surface area contributed by atoms with Crippen molar-refractivity contribution < 1.29 is 4.79 Å². The average Bonchev–Trinajstić information content (AvgIpc) is 2.92. The monoisotopic (exact) mass is 184 g/mol. The maximum Gasteiger partial charge on any atom is 0.227 e. The van der Waals surface area contributed by atoms with Crippen molar-refractivity contribution in [1.29, 1.82) is 0 Å². The fourth-order valence-corrected chi connectivity index (χ4v) is 1.66. The highest BCUT2D eigenvalue weighted by molar-refractivity contribution is 5.79. The van der Waals surface area contributed by atoms with Crippen LogP contribution in [0.4, 0.5) is 0 Å². The zero-order chi connectivity index (χ0) is 9.84. The van der Waals surface area contributed by atoms with Gasteiger partial charge in [0.1, 0.15) is 0 Å². The first kappa shape index (κ1) is 10.5. The van der Waals surface area contributed by atoms with Gasteiger partial charge in [-0.05, 0) is 26.2 Å². The van der Waals surface area contributed by atoms with Gasteiger partial charge in [0, 0.05) is 19.1 Å². The molecule has 1 aliphatic carbocycles. The van der Waals surface area contributed by atoms with E-state index < -0.39 is 0 Å². The summed E-state index contributed by atoms with van der Waals surface area (Å²) in [6.07, 6.45) is 3.22. The summed E-state index contributed by atoms with van der Waals surface area (Å²) >= 11 is 0. The van der Waals surface area contributed by atoms with Crippen molar-refractivity contribution in [2.45, 2.75) is 39.2 Å². The van der Waals surface area contributed by atoms with Gasteiger partial charge < -0.3 is 10.6 Å². The van der Waals surface area contributed by atoms with Gasteiger partial charge in [-0.3, -0.25) is 4.79 Å². The topological polar surface area (TPSA) is 46.3 Å². The molecule has 0 spiro atoms. The summed E-state index contributed by atoms with van der Waals surface area (Å²) in [5, 5.41) is 0. The minimum atomic E-state index is 0.0422. The molecular weight excluding hydrogens is 164 g/mol. The highest BCUT2D eigenvalue weighted by atomic mass is 16.2. The summed E-state index contributed by atoms with van der Waals surface area (Å²) in [4.78, 5) is 13.9. The summed E-state index contributed by atoms with van der Waals surface area (Å²) in [5.41, 5.74) is 5.55.